The first-order chi connectivity index (χ1) is 10.8. The normalized spacial score (nSPS) is 20.0. The third-order valence-corrected chi connectivity index (χ3v) is 5.32. The molecule has 1 heterocycles. The van der Waals surface area contributed by atoms with Crippen LogP contribution in [0.15, 0.2) is 0 Å². The molecule has 0 aliphatic carbocycles. The van der Waals surface area contributed by atoms with Crippen molar-refractivity contribution in [2.75, 3.05) is 25.4 Å². The molecule has 23 heavy (non-hydrogen) atoms. The van der Waals surface area contributed by atoms with Crippen LogP contribution in [0.4, 0.5) is 4.79 Å². The molecule has 0 bridgehead atoms. The van der Waals surface area contributed by atoms with Gasteiger partial charge in [-0.25, -0.2) is 17.9 Å². The highest BCUT2D eigenvalue weighted by molar-refractivity contribution is 7.89. The van der Waals surface area contributed by atoms with Crippen LogP contribution in [0.3, 0.4) is 0 Å². The van der Waals surface area contributed by atoms with Gasteiger partial charge >= 0.3 is 6.03 Å². The number of nitrogens with zero attached hydrogens (tertiary/aromatic N) is 1. The zero-order valence-electron chi connectivity index (χ0n) is 14.1. The molecular formula is C14H28N4O4S. The van der Waals surface area contributed by atoms with Crippen molar-refractivity contribution >= 4 is 22.0 Å². The topological polar surface area (TPSA) is 108 Å². The quantitative estimate of drug-likeness (QED) is 0.564. The zero-order valence-corrected chi connectivity index (χ0v) is 14.9. The van der Waals surface area contributed by atoms with Crippen molar-refractivity contribution < 1.29 is 18.0 Å². The maximum Gasteiger partial charge on any atom is 0.315 e. The van der Waals surface area contributed by atoms with Crippen LogP contribution < -0.4 is 15.4 Å². The molecular weight excluding hydrogens is 320 g/mol. The van der Waals surface area contributed by atoms with Gasteiger partial charge in [0.15, 0.2) is 0 Å². The lowest BCUT2D eigenvalue weighted by Crippen LogP contribution is -2.53. The number of hydrogen-bond acceptors (Lipinski definition) is 4. The van der Waals surface area contributed by atoms with Crippen LogP contribution in [0.25, 0.3) is 0 Å². The number of hydrogen-bond donors (Lipinski definition) is 3. The Morgan fingerprint density at radius 1 is 1.26 bits per heavy atom. The Bertz CT molecular complexity index is 509. The van der Waals surface area contributed by atoms with E-state index in [0.717, 1.165) is 25.8 Å². The molecule has 9 heteroatoms. The molecule has 0 aromatic rings. The summed E-state index contributed by atoms with van der Waals surface area (Å²) in [5.41, 5.74) is 0. The van der Waals surface area contributed by atoms with Crippen molar-refractivity contribution in [2.24, 2.45) is 0 Å². The van der Waals surface area contributed by atoms with Gasteiger partial charge < -0.3 is 15.5 Å². The fourth-order valence-corrected chi connectivity index (χ4v) is 3.09. The highest BCUT2D eigenvalue weighted by Crippen LogP contribution is 2.17. The van der Waals surface area contributed by atoms with Gasteiger partial charge in [-0.05, 0) is 40.0 Å². The highest BCUT2D eigenvalue weighted by atomic mass is 32.2. The molecule has 2 atom stereocenters. The lowest BCUT2D eigenvalue weighted by molar-refractivity contribution is -0.136. The molecule has 1 fully saturated rings. The van der Waals surface area contributed by atoms with Crippen molar-refractivity contribution in [3.63, 3.8) is 0 Å². The van der Waals surface area contributed by atoms with E-state index in [1.54, 1.807) is 6.92 Å². The molecule has 8 nitrogen and oxygen atoms in total. The van der Waals surface area contributed by atoms with Gasteiger partial charge in [-0.1, -0.05) is 0 Å². The number of piperidine rings is 1. The van der Waals surface area contributed by atoms with Crippen molar-refractivity contribution in [1.29, 1.82) is 0 Å². The van der Waals surface area contributed by atoms with E-state index in [1.165, 1.54) is 6.92 Å². The van der Waals surface area contributed by atoms with E-state index in [0.29, 0.717) is 0 Å². The maximum absolute atomic E-state index is 12.3. The second-order valence-corrected chi connectivity index (χ2v) is 7.89. The minimum atomic E-state index is -3.26. The van der Waals surface area contributed by atoms with E-state index in [-0.39, 0.29) is 30.8 Å². The lowest BCUT2D eigenvalue weighted by atomic mass is 10.0. The Morgan fingerprint density at radius 2 is 1.96 bits per heavy atom. The van der Waals surface area contributed by atoms with Gasteiger partial charge in [0, 0.05) is 25.7 Å². The van der Waals surface area contributed by atoms with Crippen LogP contribution in [0, 0.1) is 0 Å². The summed E-state index contributed by atoms with van der Waals surface area (Å²) in [5.74, 6) is -0.0855. The molecule has 0 aromatic heterocycles. The van der Waals surface area contributed by atoms with Gasteiger partial charge in [-0.2, -0.15) is 0 Å². The largest absolute Gasteiger partial charge is 0.338 e. The molecule has 1 aliphatic heterocycles. The van der Waals surface area contributed by atoms with Gasteiger partial charge in [0.2, 0.25) is 15.9 Å². The third kappa shape index (κ3) is 6.74. The van der Waals surface area contributed by atoms with Crippen molar-refractivity contribution in [1.82, 2.24) is 20.3 Å². The molecule has 3 amide bonds. The molecule has 3 N–H and O–H groups in total. The Labute approximate surface area is 138 Å². The maximum atomic E-state index is 12.3. The number of carbonyl (C=O) groups excluding carboxylic acids is 2. The second-order valence-electron chi connectivity index (χ2n) is 5.80. The van der Waals surface area contributed by atoms with Gasteiger partial charge in [-0.3, -0.25) is 4.79 Å². The SMILES string of the molecule is CCS(=O)(=O)NCCNC(=O)N[C@@H](C)C(=O)N1CCCC[C@H]1C. The molecule has 1 aliphatic rings. The van der Waals surface area contributed by atoms with Crippen molar-refractivity contribution in [3.8, 4) is 0 Å². The van der Waals surface area contributed by atoms with E-state index in [4.69, 9.17) is 0 Å². The molecule has 0 saturated carbocycles. The number of carbonyl (C=O) groups is 2. The van der Waals surface area contributed by atoms with E-state index >= 15 is 0 Å². The number of amides is 3. The zero-order chi connectivity index (χ0) is 17.5. The molecule has 0 spiro atoms. The van der Waals surface area contributed by atoms with Crippen molar-refractivity contribution in [2.45, 2.75) is 52.1 Å². The molecule has 0 aromatic carbocycles. The van der Waals surface area contributed by atoms with Crippen LogP contribution in [0.1, 0.15) is 40.0 Å². The lowest BCUT2D eigenvalue weighted by Gasteiger charge is -2.35. The van der Waals surface area contributed by atoms with Crippen LogP contribution in [0.2, 0.25) is 0 Å². The first-order valence-electron chi connectivity index (χ1n) is 8.09. The predicted octanol–water partition coefficient (Wildman–Crippen LogP) is 0.0144. The first-order valence-corrected chi connectivity index (χ1v) is 9.74. The van der Waals surface area contributed by atoms with E-state index in [1.807, 2.05) is 11.8 Å². The van der Waals surface area contributed by atoms with Crippen LogP contribution >= 0.6 is 0 Å². The van der Waals surface area contributed by atoms with Gasteiger partial charge in [0.25, 0.3) is 0 Å². The van der Waals surface area contributed by atoms with Crippen LogP contribution in [0.5, 0.6) is 0 Å². The predicted molar refractivity (Wildman–Crippen MR) is 88.5 cm³/mol. The Hall–Kier alpha value is -1.35. The fraction of sp³-hybridized carbons (Fsp3) is 0.857. The minimum Gasteiger partial charge on any atom is -0.338 e. The van der Waals surface area contributed by atoms with E-state index < -0.39 is 22.1 Å². The second kappa shape index (κ2) is 9.07. The third-order valence-electron chi connectivity index (χ3n) is 3.92. The van der Waals surface area contributed by atoms with Crippen LogP contribution in [-0.2, 0) is 14.8 Å². The molecule has 134 valence electrons. The molecule has 1 saturated heterocycles. The first kappa shape index (κ1) is 19.7. The smallest absolute Gasteiger partial charge is 0.315 e. The van der Waals surface area contributed by atoms with Crippen LogP contribution in [-0.4, -0.2) is 62.7 Å². The number of nitrogens with one attached hydrogen (secondary N) is 3. The molecule has 0 radical (unpaired) electrons. The summed E-state index contributed by atoms with van der Waals surface area (Å²) >= 11 is 0. The number of sulfonamides is 1. The number of rotatable bonds is 7. The van der Waals surface area contributed by atoms with Gasteiger partial charge in [0.05, 0.1) is 5.75 Å². The van der Waals surface area contributed by atoms with Crippen molar-refractivity contribution in [3.05, 3.63) is 0 Å². The molecule has 0 unspecified atom stereocenters. The average Bonchev–Trinajstić information content (AvgIpc) is 2.51. The number of urea groups is 1. The summed E-state index contributed by atoms with van der Waals surface area (Å²) in [4.78, 5) is 25.9. The average molecular weight is 348 g/mol. The number of likely N-dealkylation sites (tertiary alicyclic amines) is 1. The molecule has 1 rings (SSSR count). The fourth-order valence-electron chi connectivity index (χ4n) is 2.47. The summed E-state index contributed by atoms with van der Waals surface area (Å²) in [6.45, 7) is 6.22. The summed E-state index contributed by atoms with van der Waals surface area (Å²) in [6.07, 6.45) is 3.11. The van der Waals surface area contributed by atoms with Gasteiger partial charge in [-0.15, -0.1) is 0 Å². The van der Waals surface area contributed by atoms with Gasteiger partial charge in [0.1, 0.15) is 6.04 Å². The van der Waals surface area contributed by atoms with E-state index in [9.17, 15) is 18.0 Å². The Morgan fingerprint density at radius 3 is 2.57 bits per heavy atom. The standard InChI is InChI=1S/C14H28N4O4S/c1-4-23(21,22)16-9-8-15-14(20)17-12(3)13(19)18-10-6-5-7-11(18)2/h11-12,16H,4-10H2,1-3H3,(H2,15,17,20)/t11-,12+/m1/s1. The summed E-state index contributed by atoms with van der Waals surface area (Å²) in [5, 5.41) is 5.12. The summed E-state index contributed by atoms with van der Waals surface area (Å²) < 4.78 is 24.8. The summed E-state index contributed by atoms with van der Waals surface area (Å²) in [6, 6.07) is -0.888. The Balaban J connectivity index is 2.31. The summed E-state index contributed by atoms with van der Waals surface area (Å²) in [7, 11) is -3.26. The minimum absolute atomic E-state index is 0.00124. The highest BCUT2D eigenvalue weighted by Gasteiger charge is 2.27. The monoisotopic (exact) mass is 348 g/mol. The Kier molecular flexibility index (Phi) is 7.77. The van der Waals surface area contributed by atoms with E-state index in [2.05, 4.69) is 15.4 Å².